The lowest BCUT2D eigenvalue weighted by Crippen LogP contribution is -2.28. The predicted molar refractivity (Wildman–Crippen MR) is 152 cm³/mol. The van der Waals surface area contributed by atoms with Crippen LogP contribution in [0.25, 0.3) is 10.9 Å². The van der Waals surface area contributed by atoms with Crippen molar-refractivity contribution in [1.82, 2.24) is 10.3 Å². The number of fused-ring (bicyclic) bond motifs is 1. The molecule has 2 N–H and O–H groups in total. The summed E-state index contributed by atoms with van der Waals surface area (Å²) in [4.78, 5) is 16.5. The van der Waals surface area contributed by atoms with Crippen LogP contribution in [0.3, 0.4) is 0 Å². The number of aromatic amines is 1. The van der Waals surface area contributed by atoms with Crippen LogP contribution in [0.4, 0.5) is 0 Å². The highest BCUT2D eigenvalue weighted by atomic mass is 32.2. The van der Waals surface area contributed by atoms with Gasteiger partial charge in [-0.15, -0.1) is 0 Å². The van der Waals surface area contributed by atoms with Crippen molar-refractivity contribution in [3.05, 3.63) is 108 Å². The number of ether oxygens (including phenoxy) is 2. The molecule has 5 rings (SSSR count). The molecule has 0 radical (unpaired) electrons. The molecule has 0 aliphatic carbocycles. The number of rotatable bonds is 10. The number of aromatic nitrogens is 1. The van der Waals surface area contributed by atoms with Gasteiger partial charge in [0.2, 0.25) is 14.9 Å². The molecule has 2 heterocycles. The molecular weight excluding hydrogens is 528 g/mol. The van der Waals surface area contributed by atoms with Gasteiger partial charge in [0.25, 0.3) is 5.91 Å². The Kier molecular flexibility index (Phi) is 7.66. The highest BCUT2D eigenvalue weighted by Gasteiger charge is 2.25. The molecule has 5 aromatic rings. The minimum atomic E-state index is -3.90. The van der Waals surface area contributed by atoms with Crippen molar-refractivity contribution in [2.45, 2.75) is 29.8 Å². The van der Waals surface area contributed by atoms with Gasteiger partial charge in [-0.3, -0.25) is 4.79 Å². The molecule has 206 valence electrons. The number of hydrogen-bond acceptors (Lipinski definition) is 6. The Morgan fingerprint density at radius 1 is 1.00 bits per heavy atom. The molecule has 3 aromatic carbocycles. The number of aryl methyl sites for hydroxylation is 1. The van der Waals surface area contributed by atoms with E-state index >= 15 is 0 Å². The van der Waals surface area contributed by atoms with Gasteiger partial charge in [0, 0.05) is 29.6 Å². The van der Waals surface area contributed by atoms with Gasteiger partial charge in [-0.05, 0) is 67.4 Å². The van der Waals surface area contributed by atoms with Crippen LogP contribution in [0, 0.1) is 6.92 Å². The van der Waals surface area contributed by atoms with Gasteiger partial charge in [-0.25, -0.2) is 8.42 Å². The van der Waals surface area contributed by atoms with Gasteiger partial charge >= 0.3 is 0 Å². The number of nitrogens with one attached hydrogen (secondary N) is 2. The van der Waals surface area contributed by atoms with Crippen molar-refractivity contribution in [2.24, 2.45) is 0 Å². The standard InChI is InChI=1S/C31H30N2O6S/c1-4-38-27-14-11-21(17-29(27)37-3)24(25-19-32-26-8-6-5-7-23(25)26)18-33-31(34)28-15-16-30(39-28)40(35,36)22-12-9-20(2)10-13-22/h5-17,19,24,32H,4,18H2,1-3H3,(H,33,34). The van der Waals surface area contributed by atoms with E-state index in [1.807, 2.05) is 62.5 Å². The molecule has 8 nitrogen and oxygen atoms in total. The Bertz CT molecular complexity index is 1750. The molecular formula is C31H30N2O6S. The van der Waals surface area contributed by atoms with Crippen molar-refractivity contribution in [3.63, 3.8) is 0 Å². The third-order valence-electron chi connectivity index (χ3n) is 6.75. The summed E-state index contributed by atoms with van der Waals surface area (Å²) < 4.78 is 42.8. The Morgan fingerprint density at radius 2 is 1.77 bits per heavy atom. The molecule has 0 fully saturated rings. The van der Waals surface area contributed by atoms with E-state index in [2.05, 4.69) is 10.3 Å². The van der Waals surface area contributed by atoms with E-state index in [0.29, 0.717) is 18.1 Å². The minimum absolute atomic E-state index is 0.0902. The Balaban J connectivity index is 1.42. The quantitative estimate of drug-likeness (QED) is 0.222. The molecule has 40 heavy (non-hydrogen) atoms. The Labute approximate surface area is 232 Å². The van der Waals surface area contributed by atoms with Crippen LogP contribution < -0.4 is 14.8 Å². The monoisotopic (exact) mass is 558 g/mol. The first kappa shape index (κ1) is 27.1. The van der Waals surface area contributed by atoms with E-state index in [4.69, 9.17) is 13.9 Å². The van der Waals surface area contributed by atoms with E-state index in [-0.39, 0.29) is 28.2 Å². The number of carbonyl (C=O) groups is 1. The summed E-state index contributed by atoms with van der Waals surface area (Å²) in [5.41, 5.74) is 3.81. The maximum Gasteiger partial charge on any atom is 0.287 e. The van der Waals surface area contributed by atoms with Crippen molar-refractivity contribution in [3.8, 4) is 11.5 Å². The number of furan rings is 1. The first-order valence-electron chi connectivity index (χ1n) is 12.9. The van der Waals surface area contributed by atoms with Crippen molar-refractivity contribution in [1.29, 1.82) is 0 Å². The normalized spacial score (nSPS) is 12.3. The van der Waals surface area contributed by atoms with E-state index in [9.17, 15) is 13.2 Å². The smallest absolute Gasteiger partial charge is 0.287 e. The molecule has 9 heteroatoms. The molecule has 2 aromatic heterocycles. The lowest BCUT2D eigenvalue weighted by Gasteiger charge is -2.20. The number of carbonyl (C=O) groups excluding carboxylic acids is 1. The molecule has 0 saturated heterocycles. The largest absolute Gasteiger partial charge is 0.493 e. The number of amides is 1. The van der Waals surface area contributed by atoms with E-state index < -0.39 is 15.7 Å². The zero-order valence-electron chi connectivity index (χ0n) is 22.4. The van der Waals surface area contributed by atoms with Crippen LogP contribution in [0.2, 0.25) is 0 Å². The number of sulfone groups is 1. The number of benzene rings is 3. The third kappa shape index (κ3) is 5.33. The van der Waals surface area contributed by atoms with E-state index in [1.165, 1.54) is 24.3 Å². The van der Waals surface area contributed by atoms with Crippen molar-refractivity contribution < 1.29 is 27.1 Å². The van der Waals surface area contributed by atoms with Crippen molar-refractivity contribution >= 4 is 26.6 Å². The third-order valence-corrected chi connectivity index (χ3v) is 8.40. The van der Waals surface area contributed by atoms with Gasteiger partial charge in [-0.2, -0.15) is 0 Å². The van der Waals surface area contributed by atoms with Crippen LogP contribution in [-0.2, 0) is 9.84 Å². The summed E-state index contributed by atoms with van der Waals surface area (Å²) >= 11 is 0. The second-order valence-electron chi connectivity index (χ2n) is 9.33. The molecule has 0 spiro atoms. The summed E-state index contributed by atoms with van der Waals surface area (Å²) in [6.45, 7) is 4.50. The summed E-state index contributed by atoms with van der Waals surface area (Å²) in [5, 5.41) is 3.67. The second kappa shape index (κ2) is 11.3. The van der Waals surface area contributed by atoms with Gasteiger partial charge in [0.05, 0.1) is 18.6 Å². The maximum absolute atomic E-state index is 13.1. The van der Waals surface area contributed by atoms with Crippen LogP contribution >= 0.6 is 0 Å². The number of hydrogen-bond donors (Lipinski definition) is 2. The molecule has 1 amide bonds. The predicted octanol–water partition coefficient (Wildman–Crippen LogP) is 5.87. The Hall–Kier alpha value is -4.50. The average Bonchev–Trinajstić information content (AvgIpc) is 3.63. The topological polar surface area (TPSA) is 111 Å². The minimum Gasteiger partial charge on any atom is -0.493 e. The molecule has 0 bridgehead atoms. The molecule has 0 saturated carbocycles. The summed E-state index contributed by atoms with van der Waals surface area (Å²) in [5.74, 6) is 0.358. The first-order valence-corrected chi connectivity index (χ1v) is 14.4. The molecule has 0 aliphatic rings. The molecule has 1 unspecified atom stereocenters. The fraction of sp³-hybridized carbons (Fsp3) is 0.194. The lowest BCUT2D eigenvalue weighted by molar-refractivity contribution is 0.0919. The van der Waals surface area contributed by atoms with E-state index in [1.54, 1.807) is 19.2 Å². The molecule has 1 atom stereocenters. The van der Waals surface area contributed by atoms with Gasteiger partial charge in [0.15, 0.2) is 17.3 Å². The number of methoxy groups -OCH3 is 1. The zero-order valence-corrected chi connectivity index (χ0v) is 23.2. The Morgan fingerprint density at radius 3 is 2.52 bits per heavy atom. The molecule has 0 aliphatic heterocycles. The zero-order chi connectivity index (χ0) is 28.3. The summed E-state index contributed by atoms with van der Waals surface area (Å²) in [6.07, 6.45) is 1.93. The fourth-order valence-electron chi connectivity index (χ4n) is 4.67. The van der Waals surface area contributed by atoms with Crippen LogP contribution in [-0.4, -0.2) is 39.6 Å². The first-order chi connectivity index (χ1) is 19.3. The SMILES string of the molecule is CCOc1ccc(C(CNC(=O)c2ccc(S(=O)(=O)c3ccc(C)cc3)o2)c2c[nH]c3ccccc23)cc1OC. The van der Waals surface area contributed by atoms with Crippen molar-refractivity contribution in [2.75, 3.05) is 20.3 Å². The van der Waals surface area contributed by atoms with E-state index in [0.717, 1.165) is 27.6 Å². The lowest BCUT2D eigenvalue weighted by atomic mass is 9.90. The van der Waals surface area contributed by atoms with Crippen LogP contribution in [0.1, 0.15) is 40.1 Å². The highest BCUT2D eigenvalue weighted by molar-refractivity contribution is 7.91. The number of para-hydroxylation sites is 1. The van der Waals surface area contributed by atoms with Crippen LogP contribution in [0.5, 0.6) is 11.5 Å². The number of H-pyrrole nitrogens is 1. The van der Waals surface area contributed by atoms with Crippen LogP contribution in [0.15, 0.2) is 99.5 Å². The van der Waals surface area contributed by atoms with Gasteiger partial charge < -0.3 is 24.2 Å². The summed E-state index contributed by atoms with van der Waals surface area (Å²) in [7, 11) is -2.31. The maximum atomic E-state index is 13.1. The summed E-state index contributed by atoms with van der Waals surface area (Å²) in [6, 6.07) is 22.8. The van der Waals surface area contributed by atoms with Gasteiger partial charge in [-0.1, -0.05) is 42.0 Å². The second-order valence-corrected chi connectivity index (χ2v) is 11.2. The fourth-order valence-corrected chi connectivity index (χ4v) is 5.84. The van der Waals surface area contributed by atoms with Gasteiger partial charge in [0.1, 0.15) is 0 Å². The average molecular weight is 559 g/mol. The highest BCUT2D eigenvalue weighted by Crippen LogP contribution is 2.36.